The van der Waals surface area contributed by atoms with E-state index in [0.29, 0.717) is 12.4 Å². The quantitative estimate of drug-likeness (QED) is 0.733. The zero-order chi connectivity index (χ0) is 11.1. The second-order valence-electron chi connectivity index (χ2n) is 2.95. The normalized spacial score (nSPS) is 10.7. The van der Waals surface area contributed by atoms with Gasteiger partial charge in [-0.3, -0.25) is 0 Å². The van der Waals surface area contributed by atoms with Crippen LogP contribution in [-0.4, -0.2) is 36.4 Å². The highest BCUT2D eigenvalue weighted by atomic mass is 19.3. The van der Waals surface area contributed by atoms with Gasteiger partial charge in [0.15, 0.2) is 0 Å². The smallest absolute Gasteiger partial charge is 0.261 e. The highest BCUT2D eigenvalue weighted by Crippen LogP contribution is 2.00. The number of ether oxygens (including phenoxy) is 1. The Balaban J connectivity index is 2.12. The van der Waals surface area contributed by atoms with Crippen molar-refractivity contribution in [2.24, 2.45) is 0 Å². The number of aromatic nitrogens is 2. The molecule has 0 atom stereocenters. The Bertz CT molecular complexity index is 279. The molecule has 0 bridgehead atoms. The van der Waals surface area contributed by atoms with E-state index in [4.69, 9.17) is 0 Å². The van der Waals surface area contributed by atoms with Crippen LogP contribution in [0.4, 0.5) is 14.6 Å². The molecule has 1 rings (SSSR count). The molecule has 0 unspecified atom stereocenters. The number of aryl methyl sites for hydroxylation is 1. The largest absolute Gasteiger partial charge is 0.374 e. The molecule has 0 aliphatic heterocycles. The van der Waals surface area contributed by atoms with Crippen LogP contribution >= 0.6 is 0 Å². The highest BCUT2D eigenvalue weighted by molar-refractivity contribution is 5.32. The second-order valence-corrected chi connectivity index (χ2v) is 2.95. The number of alkyl halides is 2. The summed E-state index contributed by atoms with van der Waals surface area (Å²) in [5.41, 5.74) is 0.828. The Morgan fingerprint density at radius 2 is 2.20 bits per heavy atom. The van der Waals surface area contributed by atoms with Gasteiger partial charge in [0.2, 0.25) is 0 Å². The van der Waals surface area contributed by atoms with E-state index in [0.717, 1.165) is 5.69 Å². The summed E-state index contributed by atoms with van der Waals surface area (Å²) in [6.45, 7) is 1.97. The molecule has 0 spiro atoms. The lowest BCUT2D eigenvalue weighted by Crippen LogP contribution is -2.13. The molecule has 1 aromatic heterocycles. The van der Waals surface area contributed by atoms with E-state index in [-0.39, 0.29) is 6.61 Å². The van der Waals surface area contributed by atoms with Crippen molar-refractivity contribution in [1.82, 2.24) is 10.2 Å². The summed E-state index contributed by atoms with van der Waals surface area (Å²) in [6, 6.07) is 3.59. The Labute approximate surface area is 86.7 Å². The lowest BCUT2D eigenvalue weighted by Gasteiger charge is -2.05. The van der Waals surface area contributed by atoms with Gasteiger partial charge < -0.3 is 10.1 Å². The van der Waals surface area contributed by atoms with Crippen molar-refractivity contribution in [2.45, 2.75) is 13.3 Å². The van der Waals surface area contributed by atoms with Crippen LogP contribution in [0.2, 0.25) is 0 Å². The summed E-state index contributed by atoms with van der Waals surface area (Å²) in [4.78, 5) is 0. The Morgan fingerprint density at radius 3 is 2.80 bits per heavy atom. The lowest BCUT2D eigenvalue weighted by atomic mass is 10.4. The van der Waals surface area contributed by atoms with Crippen molar-refractivity contribution in [3.8, 4) is 0 Å². The molecule has 0 amide bonds. The molecule has 84 valence electrons. The first-order chi connectivity index (χ1) is 7.18. The molecule has 1 heterocycles. The van der Waals surface area contributed by atoms with Gasteiger partial charge in [0.1, 0.15) is 12.4 Å². The van der Waals surface area contributed by atoms with Gasteiger partial charge >= 0.3 is 0 Å². The predicted molar refractivity (Wildman–Crippen MR) is 52.1 cm³/mol. The molecule has 0 aromatic carbocycles. The molecular weight excluding hydrogens is 204 g/mol. The van der Waals surface area contributed by atoms with E-state index >= 15 is 0 Å². The maximum Gasteiger partial charge on any atom is 0.261 e. The van der Waals surface area contributed by atoms with E-state index in [1.165, 1.54) is 0 Å². The van der Waals surface area contributed by atoms with Crippen molar-refractivity contribution in [2.75, 3.05) is 25.1 Å². The van der Waals surface area contributed by atoms with E-state index in [2.05, 4.69) is 20.3 Å². The third kappa shape index (κ3) is 5.21. The minimum Gasteiger partial charge on any atom is -0.374 e. The van der Waals surface area contributed by atoms with Crippen LogP contribution in [-0.2, 0) is 4.74 Å². The molecule has 0 radical (unpaired) electrons. The van der Waals surface area contributed by atoms with Crippen LogP contribution in [0.25, 0.3) is 0 Å². The van der Waals surface area contributed by atoms with Gasteiger partial charge in [0, 0.05) is 6.54 Å². The number of nitrogens with one attached hydrogen (secondary N) is 1. The summed E-state index contributed by atoms with van der Waals surface area (Å²) in [5.74, 6) is 0.612. The second kappa shape index (κ2) is 6.23. The highest BCUT2D eigenvalue weighted by Gasteiger charge is 2.00. The first-order valence-corrected chi connectivity index (χ1v) is 4.58. The summed E-state index contributed by atoms with van der Waals surface area (Å²) >= 11 is 0. The standard InChI is InChI=1S/C9H13F2N3O/c1-7-2-3-9(14-13-7)12-4-5-15-6-8(10)11/h2-3,8H,4-6H2,1H3,(H,12,14). The van der Waals surface area contributed by atoms with Gasteiger partial charge in [0.05, 0.1) is 12.3 Å². The first-order valence-electron chi connectivity index (χ1n) is 4.58. The molecular formula is C9H13F2N3O. The fraction of sp³-hybridized carbons (Fsp3) is 0.556. The van der Waals surface area contributed by atoms with Crippen molar-refractivity contribution in [3.05, 3.63) is 17.8 Å². The third-order valence-corrected chi connectivity index (χ3v) is 1.59. The summed E-state index contributed by atoms with van der Waals surface area (Å²) < 4.78 is 28.0. The number of hydrogen-bond donors (Lipinski definition) is 1. The molecule has 1 aromatic rings. The van der Waals surface area contributed by atoms with Crippen molar-refractivity contribution in [1.29, 1.82) is 0 Å². The molecule has 15 heavy (non-hydrogen) atoms. The molecule has 6 heteroatoms. The van der Waals surface area contributed by atoms with Gasteiger partial charge in [-0.1, -0.05) is 0 Å². The number of halogens is 2. The topological polar surface area (TPSA) is 47.0 Å². The molecule has 0 saturated carbocycles. The minimum atomic E-state index is -2.41. The molecule has 0 fully saturated rings. The first kappa shape index (κ1) is 11.8. The zero-order valence-electron chi connectivity index (χ0n) is 8.41. The van der Waals surface area contributed by atoms with Crippen LogP contribution in [0.5, 0.6) is 0 Å². The molecule has 1 N–H and O–H groups in total. The van der Waals surface area contributed by atoms with Gasteiger partial charge in [0.25, 0.3) is 6.43 Å². The average Bonchev–Trinajstić information content (AvgIpc) is 2.20. The monoisotopic (exact) mass is 217 g/mol. The van der Waals surface area contributed by atoms with E-state index < -0.39 is 13.0 Å². The van der Waals surface area contributed by atoms with Crippen LogP contribution in [0.3, 0.4) is 0 Å². The van der Waals surface area contributed by atoms with Crippen molar-refractivity contribution < 1.29 is 13.5 Å². The maximum absolute atomic E-state index is 11.7. The fourth-order valence-electron chi connectivity index (χ4n) is 0.917. The van der Waals surface area contributed by atoms with Crippen molar-refractivity contribution in [3.63, 3.8) is 0 Å². The fourth-order valence-corrected chi connectivity index (χ4v) is 0.917. The summed E-state index contributed by atoms with van der Waals surface area (Å²) in [7, 11) is 0. The van der Waals surface area contributed by atoms with Gasteiger partial charge in [-0.15, -0.1) is 5.10 Å². The lowest BCUT2D eigenvalue weighted by molar-refractivity contribution is 0.0214. The SMILES string of the molecule is Cc1ccc(NCCOCC(F)F)nn1. The number of anilines is 1. The molecule has 0 saturated heterocycles. The van der Waals surface area contributed by atoms with Gasteiger partial charge in [-0.05, 0) is 19.1 Å². The summed E-state index contributed by atoms with van der Waals surface area (Å²) in [6.07, 6.45) is -2.41. The Morgan fingerprint density at radius 1 is 1.40 bits per heavy atom. The van der Waals surface area contributed by atoms with Crippen LogP contribution < -0.4 is 5.32 Å². The van der Waals surface area contributed by atoms with Gasteiger partial charge in [-0.2, -0.15) is 5.10 Å². The van der Waals surface area contributed by atoms with Crippen LogP contribution in [0.15, 0.2) is 12.1 Å². The number of nitrogens with zero attached hydrogens (tertiary/aromatic N) is 2. The van der Waals surface area contributed by atoms with E-state index in [1.54, 1.807) is 6.07 Å². The Hall–Kier alpha value is -1.30. The van der Waals surface area contributed by atoms with Crippen LogP contribution in [0, 0.1) is 6.92 Å². The molecule has 4 nitrogen and oxygen atoms in total. The molecule has 0 aliphatic rings. The van der Waals surface area contributed by atoms with Gasteiger partial charge in [-0.25, -0.2) is 8.78 Å². The maximum atomic E-state index is 11.7. The third-order valence-electron chi connectivity index (χ3n) is 1.59. The van der Waals surface area contributed by atoms with Crippen LogP contribution in [0.1, 0.15) is 5.69 Å². The number of rotatable bonds is 6. The average molecular weight is 217 g/mol. The molecule has 0 aliphatic carbocycles. The zero-order valence-corrected chi connectivity index (χ0v) is 8.41. The van der Waals surface area contributed by atoms with Crippen molar-refractivity contribution >= 4 is 5.82 Å². The van der Waals surface area contributed by atoms with E-state index in [9.17, 15) is 8.78 Å². The minimum absolute atomic E-state index is 0.222. The predicted octanol–water partition coefficient (Wildman–Crippen LogP) is 1.48. The van der Waals surface area contributed by atoms with E-state index in [1.807, 2.05) is 13.0 Å². The summed E-state index contributed by atoms with van der Waals surface area (Å²) in [5, 5.41) is 10.6. The Kier molecular flexibility index (Phi) is 4.89. The number of hydrogen-bond acceptors (Lipinski definition) is 4.